The summed E-state index contributed by atoms with van der Waals surface area (Å²) < 4.78 is 12.2. The molecular weight excluding hydrogens is 201 g/mol. The zero-order valence-corrected chi connectivity index (χ0v) is 8.80. The highest BCUT2D eigenvalue weighted by molar-refractivity contribution is 7.98. The summed E-state index contributed by atoms with van der Waals surface area (Å²) in [5, 5.41) is 9.58. The normalized spacial score (nSPS) is 15.1. The highest BCUT2D eigenvalue weighted by Crippen LogP contribution is 2.20. The van der Waals surface area contributed by atoms with Crippen molar-refractivity contribution in [3.8, 4) is 0 Å². The molecule has 1 aromatic carbocycles. The first kappa shape index (κ1) is 11.5. The number of aliphatic hydroxyl groups is 1. The predicted molar refractivity (Wildman–Crippen MR) is 57.1 cm³/mol. The average Bonchev–Trinajstić information content (AvgIpc) is 2.27. The molecule has 0 aliphatic heterocycles. The number of hydrogen-bond acceptors (Lipinski definition) is 3. The smallest absolute Gasteiger partial charge is 0.107 e. The summed E-state index contributed by atoms with van der Waals surface area (Å²) in [5.74, 6) is 0. The molecule has 2 atom stereocenters. The molecule has 1 rings (SSSR count). The first-order chi connectivity index (χ1) is 6.69. The molecule has 3 N–H and O–H groups in total. The van der Waals surface area contributed by atoms with Crippen LogP contribution in [0.3, 0.4) is 0 Å². The number of nitrogens with two attached hydrogens (primary N) is 1. The molecule has 0 bridgehead atoms. The minimum absolute atomic E-state index is 0.660. The monoisotopic (exact) mass is 215 g/mol. The quantitative estimate of drug-likeness (QED) is 0.752. The largest absolute Gasteiger partial charge is 0.387 e. The molecule has 78 valence electrons. The maximum atomic E-state index is 12.2. The second kappa shape index (κ2) is 5.34. The number of aliphatic hydroxyl groups excluding tert-OH is 1. The van der Waals surface area contributed by atoms with E-state index < -0.39 is 18.8 Å². The molecule has 2 unspecified atom stereocenters. The van der Waals surface area contributed by atoms with Crippen LogP contribution in [0.2, 0.25) is 0 Å². The Bertz CT molecular complexity index is 278. The fourth-order valence-corrected chi connectivity index (χ4v) is 1.54. The van der Waals surface area contributed by atoms with Crippen molar-refractivity contribution in [3.63, 3.8) is 0 Å². The van der Waals surface area contributed by atoms with Gasteiger partial charge >= 0.3 is 0 Å². The van der Waals surface area contributed by atoms with Crippen molar-refractivity contribution < 1.29 is 9.50 Å². The first-order valence-corrected chi connectivity index (χ1v) is 5.55. The predicted octanol–water partition coefficient (Wildman–Crippen LogP) is 1.74. The first-order valence-electron chi connectivity index (χ1n) is 4.32. The maximum Gasteiger partial charge on any atom is 0.107 e. The van der Waals surface area contributed by atoms with Gasteiger partial charge in [-0.1, -0.05) is 12.1 Å². The molecule has 0 aliphatic rings. The van der Waals surface area contributed by atoms with E-state index >= 15 is 0 Å². The number of rotatable bonds is 4. The molecule has 4 heteroatoms. The fourth-order valence-electron chi connectivity index (χ4n) is 1.13. The minimum Gasteiger partial charge on any atom is -0.387 e. The molecule has 0 spiro atoms. The zero-order chi connectivity index (χ0) is 10.6. The van der Waals surface area contributed by atoms with E-state index in [1.807, 2.05) is 18.4 Å². The van der Waals surface area contributed by atoms with Crippen LogP contribution in [0.1, 0.15) is 11.7 Å². The Hall–Kier alpha value is -0.580. The second-order valence-corrected chi connectivity index (χ2v) is 3.92. The Balaban J connectivity index is 2.75. The van der Waals surface area contributed by atoms with E-state index in [0.29, 0.717) is 5.56 Å². The lowest BCUT2D eigenvalue weighted by atomic mass is 10.0. The van der Waals surface area contributed by atoms with Gasteiger partial charge < -0.3 is 10.8 Å². The van der Waals surface area contributed by atoms with Crippen LogP contribution in [-0.2, 0) is 0 Å². The Morgan fingerprint density at radius 2 is 2.00 bits per heavy atom. The number of benzene rings is 1. The Morgan fingerprint density at radius 1 is 1.43 bits per heavy atom. The topological polar surface area (TPSA) is 46.2 Å². The summed E-state index contributed by atoms with van der Waals surface area (Å²) in [5.41, 5.74) is 6.05. The molecule has 0 saturated carbocycles. The van der Waals surface area contributed by atoms with Crippen molar-refractivity contribution in [2.45, 2.75) is 17.0 Å². The van der Waals surface area contributed by atoms with Crippen molar-refractivity contribution in [2.75, 3.05) is 12.9 Å². The Morgan fingerprint density at radius 3 is 2.43 bits per heavy atom. The van der Waals surface area contributed by atoms with Crippen LogP contribution in [0.25, 0.3) is 0 Å². The standard InChI is InChI=1S/C10H14FNOS/c1-14-8-4-2-7(3-5-8)10(13)9(12)6-11/h2-5,9-10,13H,6,12H2,1H3. The molecular formula is C10H14FNOS. The summed E-state index contributed by atoms with van der Waals surface area (Å²) in [4.78, 5) is 1.11. The van der Waals surface area contributed by atoms with E-state index in [1.54, 1.807) is 23.9 Å². The van der Waals surface area contributed by atoms with Crippen molar-refractivity contribution in [2.24, 2.45) is 5.73 Å². The zero-order valence-electron chi connectivity index (χ0n) is 7.98. The maximum absolute atomic E-state index is 12.2. The molecule has 0 amide bonds. The molecule has 0 aliphatic carbocycles. The number of hydrogen-bond donors (Lipinski definition) is 2. The molecule has 0 radical (unpaired) electrons. The third kappa shape index (κ3) is 2.70. The lowest BCUT2D eigenvalue weighted by Gasteiger charge is -2.16. The third-order valence-corrected chi connectivity index (χ3v) is 2.78. The van der Waals surface area contributed by atoms with Gasteiger partial charge in [0.05, 0.1) is 12.1 Å². The van der Waals surface area contributed by atoms with Crippen LogP contribution in [-0.4, -0.2) is 24.1 Å². The van der Waals surface area contributed by atoms with E-state index in [2.05, 4.69) is 0 Å². The summed E-state index contributed by atoms with van der Waals surface area (Å²) >= 11 is 1.62. The lowest BCUT2D eigenvalue weighted by molar-refractivity contribution is 0.132. The van der Waals surface area contributed by atoms with Gasteiger partial charge in [0.15, 0.2) is 0 Å². The van der Waals surface area contributed by atoms with Gasteiger partial charge in [-0.3, -0.25) is 0 Å². The van der Waals surface area contributed by atoms with Crippen LogP contribution in [0.15, 0.2) is 29.2 Å². The van der Waals surface area contributed by atoms with Crippen molar-refractivity contribution in [3.05, 3.63) is 29.8 Å². The van der Waals surface area contributed by atoms with Crippen LogP contribution in [0.4, 0.5) is 4.39 Å². The highest BCUT2D eigenvalue weighted by atomic mass is 32.2. The van der Waals surface area contributed by atoms with Crippen LogP contribution >= 0.6 is 11.8 Å². The lowest BCUT2D eigenvalue weighted by Crippen LogP contribution is -2.30. The molecule has 0 fully saturated rings. The van der Waals surface area contributed by atoms with Gasteiger partial charge in [-0.25, -0.2) is 4.39 Å². The number of alkyl halides is 1. The molecule has 1 aromatic rings. The molecule has 2 nitrogen and oxygen atoms in total. The van der Waals surface area contributed by atoms with Gasteiger partial charge in [0.1, 0.15) is 6.67 Å². The van der Waals surface area contributed by atoms with Gasteiger partial charge in [0, 0.05) is 4.90 Å². The highest BCUT2D eigenvalue weighted by Gasteiger charge is 2.16. The van der Waals surface area contributed by atoms with Crippen LogP contribution in [0, 0.1) is 0 Å². The van der Waals surface area contributed by atoms with E-state index in [1.165, 1.54) is 0 Å². The Labute approximate surface area is 87.3 Å². The Kier molecular flexibility index (Phi) is 4.38. The van der Waals surface area contributed by atoms with E-state index in [-0.39, 0.29) is 0 Å². The molecule has 0 heterocycles. The second-order valence-electron chi connectivity index (χ2n) is 3.04. The summed E-state index contributed by atoms with van der Waals surface area (Å²) in [7, 11) is 0. The summed E-state index contributed by atoms with van der Waals surface area (Å²) in [6.07, 6.45) is 1.05. The summed E-state index contributed by atoms with van der Waals surface area (Å²) in [6.45, 7) is -0.717. The van der Waals surface area contributed by atoms with Crippen molar-refractivity contribution >= 4 is 11.8 Å². The fraction of sp³-hybridized carbons (Fsp3) is 0.400. The van der Waals surface area contributed by atoms with Crippen LogP contribution < -0.4 is 5.73 Å². The van der Waals surface area contributed by atoms with Crippen molar-refractivity contribution in [1.29, 1.82) is 0 Å². The number of thioether (sulfide) groups is 1. The molecule has 0 aromatic heterocycles. The van der Waals surface area contributed by atoms with Gasteiger partial charge in [0.2, 0.25) is 0 Å². The van der Waals surface area contributed by atoms with Gasteiger partial charge in [-0.05, 0) is 24.0 Å². The third-order valence-electron chi connectivity index (χ3n) is 2.04. The van der Waals surface area contributed by atoms with Crippen molar-refractivity contribution in [1.82, 2.24) is 0 Å². The molecule has 14 heavy (non-hydrogen) atoms. The van der Waals surface area contributed by atoms with Gasteiger partial charge in [-0.15, -0.1) is 11.8 Å². The van der Waals surface area contributed by atoms with Gasteiger partial charge in [0.25, 0.3) is 0 Å². The van der Waals surface area contributed by atoms with E-state index in [0.717, 1.165) is 4.90 Å². The minimum atomic E-state index is -0.920. The van der Waals surface area contributed by atoms with Crippen LogP contribution in [0.5, 0.6) is 0 Å². The average molecular weight is 215 g/mol. The summed E-state index contributed by atoms with van der Waals surface area (Å²) in [6, 6.07) is 6.47. The molecule has 0 saturated heterocycles. The SMILES string of the molecule is CSc1ccc(C(O)C(N)CF)cc1. The van der Waals surface area contributed by atoms with Gasteiger partial charge in [-0.2, -0.15) is 0 Å². The number of halogens is 1. The van der Waals surface area contributed by atoms with E-state index in [9.17, 15) is 9.50 Å². The van der Waals surface area contributed by atoms with E-state index in [4.69, 9.17) is 5.73 Å².